The summed E-state index contributed by atoms with van der Waals surface area (Å²) >= 11 is 1.42. The Morgan fingerprint density at radius 2 is 1.79 bits per heavy atom. The smallest absolute Gasteiger partial charge is 0.266 e. The number of fused-ring (bicyclic) bond motifs is 3. The number of aromatic amines is 1. The minimum Gasteiger partial charge on any atom is -0.507 e. The molecule has 0 atom stereocenters. The Labute approximate surface area is 168 Å². The van der Waals surface area contributed by atoms with E-state index in [0.29, 0.717) is 4.70 Å². The average molecular weight is 393 g/mol. The van der Waals surface area contributed by atoms with Crippen molar-refractivity contribution in [2.45, 2.75) is 20.3 Å². The molecule has 0 saturated heterocycles. The summed E-state index contributed by atoms with van der Waals surface area (Å²) < 4.78 is 0.690. The third-order valence-corrected chi connectivity index (χ3v) is 6.34. The highest BCUT2D eigenvalue weighted by Gasteiger charge is 2.15. The number of hydrogen-bond acceptors (Lipinski definition) is 4. The number of aromatic hydroxyl groups is 1. The van der Waals surface area contributed by atoms with Crippen LogP contribution >= 0.6 is 11.3 Å². The zero-order valence-electron chi connectivity index (χ0n) is 16.2. The van der Waals surface area contributed by atoms with Crippen molar-refractivity contribution in [3.05, 3.63) is 63.8 Å². The SMILES string of the molecule is CCN(CC)CCc1ccc(-c2c(O)ccc3[nH]c(=O)c4sccc4c23)cc1. The molecule has 0 fully saturated rings. The van der Waals surface area contributed by atoms with Crippen molar-refractivity contribution >= 4 is 32.3 Å². The standard InChI is InChI=1S/C23H24N2O2S/c1-3-25(4-2)13-11-15-5-7-16(8-6-15)20-19(26)10-9-18-21(20)17-12-14-28-22(17)23(27)24-18/h5-10,12,14,26H,3-4,11,13H2,1-2H3,(H,24,27). The molecule has 5 heteroatoms. The highest BCUT2D eigenvalue weighted by molar-refractivity contribution is 7.17. The zero-order chi connectivity index (χ0) is 19.7. The molecule has 0 aliphatic rings. The summed E-state index contributed by atoms with van der Waals surface area (Å²) in [5.41, 5.74) is 3.67. The van der Waals surface area contributed by atoms with Gasteiger partial charge in [-0.1, -0.05) is 38.1 Å². The molecule has 0 unspecified atom stereocenters. The molecule has 2 aromatic heterocycles. The molecule has 2 heterocycles. The number of rotatable bonds is 6. The second-order valence-corrected chi connectivity index (χ2v) is 7.89. The van der Waals surface area contributed by atoms with Crippen LogP contribution in [0.25, 0.3) is 32.1 Å². The second-order valence-electron chi connectivity index (χ2n) is 6.97. The van der Waals surface area contributed by atoms with Gasteiger partial charge in [0.15, 0.2) is 0 Å². The zero-order valence-corrected chi connectivity index (χ0v) is 17.0. The van der Waals surface area contributed by atoms with E-state index in [0.717, 1.165) is 53.5 Å². The van der Waals surface area contributed by atoms with Gasteiger partial charge in [0.05, 0.1) is 0 Å². The fourth-order valence-corrected chi connectivity index (χ4v) is 4.59. The molecule has 144 valence electrons. The summed E-state index contributed by atoms with van der Waals surface area (Å²) in [6, 6.07) is 13.8. The van der Waals surface area contributed by atoms with Crippen LogP contribution < -0.4 is 5.56 Å². The number of thiophene rings is 1. The first-order valence-electron chi connectivity index (χ1n) is 9.69. The number of benzene rings is 2. The number of likely N-dealkylation sites (N-methyl/N-ethyl adjacent to an activating group) is 1. The number of phenols is 1. The minimum atomic E-state index is -0.0825. The van der Waals surface area contributed by atoms with Crippen molar-refractivity contribution in [2.75, 3.05) is 19.6 Å². The van der Waals surface area contributed by atoms with Crippen molar-refractivity contribution in [3.63, 3.8) is 0 Å². The van der Waals surface area contributed by atoms with Crippen LogP contribution in [0.2, 0.25) is 0 Å². The Morgan fingerprint density at radius 1 is 1.04 bits per heavy atom. The Balaban J connectivity index is 1.78. The summed E-state index contributed by atoms with van der Waals surface area (Å²) in [5.74, 6) is 0.225. The largest absolute Gasteiger partial charge is 0.507 e. The van der Waals surface area contributed by atoms with Gasteiger partial charge in [-0.15, -0.1) is 11.3 Å². The maximum Gasteiger partial charge on any atom is 0.266 e. The molecule has 4 aromatic rings. The van der Waals surface area contributed by atoms with Crippen molar-refractivity contribution in [2.24, 2.45) is 0 Å². The monoisotopic (exact) mass is 392 g/mol. The van der Waals surface area contributed by atoms with E-state index < -0.39 is 0 Å². The number of nitrogens with zero attached hydrogens (tertiary/aromatic N) is 1. The molecule has 0 amide bonds. The van der Waals surface area contributed by atoms with Crippen LogP contribution in [0.5, 0.6) is 5.75 Å². The number of aromatic nitrogens is 1. The minimum absolute atomic E-state index is 0.0825. The lowest BCUT2D eigenvalue weighted by atomic mass is 9.96. The second kappa shape index (κ2) is 7.78. The maximum absolute atomic E-state index is 12.3. The lowest BCUT2D eigenvalue weighted by Gasteiger charge is -2.18. The van der Waals surface area contributed by atoms with Crippen LogP contribution in [0.1, 0.15) is 19.4 Å². The number of nitrogens with one attached hydrogen (secondary N) is 1. The van der Waals surface area contributed by atoms with E-state index >= 15 is 0 Å². The third-order valence-electron chi connectivity index (χ3n) is 5.43. The van der Waals surface area contributed by atoms with Crippen LogP contribution in [0.4, 0.5) is 0 Å². The van der Waals surface area contributed by atoms with Gasteiger partial charge in [0, 0.05) is 28.4 Å². The van der Waals surface area contributed by atoms with E-state index in [4.69, 9.17) is 0 Å². The van der Waals surface area contributed by atoms with Crippen LogP contribution in [0.15, 0.2) is 52.6 Å². The van der Waals surface area contributed by atoms with Crippen LogP contribution in [0.3, 0.4) is 0 Å². The maximum atomic E-state index is 12.3. The molecule has 4 rings (SSSR count). The summed E-state index contributed by atoms with van der Waals surface area (Å²) in [5, 5.41) is 14.3. The van der Waals surface area contributed by atoms with Gasteiger partial charge in [-0.05, 0) is 54.2 Å². The molecular weight excluding hydrogens is 368 g/mol. The number of pyridine rings is 1. The summed E-state index contributed by atoms with van der Waals surface area (Å²) in [6.07, 6.45) is 1.01. The highest BCUT2D eigenvalue weighted by atomic mass is 32.1. The topological polar surface area (TPSA) is 56.3 Å². The van der Waals surface area contributed by atoms with Gasteiger partial charge in [-0.25, -0.2) is 0 Å². The molecule has 0 spiro atoms. The van der Waals surface area contributed by atoms with Gasteiger partial charge in [0.25, 0.3) is 5.56 Å². The van der Waals surface area contributed by atoms with E-state index in [9.17, 15) is 9.90 Å². The van der Waals surface area contributed by atoms with Gasteiger partial charge in [0.1, 0.15) is 10.4 Å². The van der Waals surface area contributed by atoms with Crippen LogP contribution in [-0.2, 0) is 6.42 Å². The summed E-state index contributed by atoms with van der Waals surface area (Å²) in [6.45, 7) is 7.54. The predicted octanol–water partition coefficient (Wildman–Crippen LogP) is 5.00. The Hall–Kier alpha value is -2.63. The van der Waals surface area contributed by atoms with E-state index in [2.05, 4.69) is 48.0 Å². The van der Waals surface area contributed by atoms with Crippen molar-refractivity contribution in [1.82, 2.24) is 9.88 Å². The van der Waals surface area contributed by atoms with E-state index in [1.54, 1.807) is 12.1 Å². The first-order valence-corrected chi connectivity index (χ1v) is 10.6. The molecule has 0 radical (unpaired) electrons. The fourth-order valence-electron chi connectivity index (χ4n) is 3.79. The molecule has 28 heavy (non-hydrogen) atoms. The van der Waals surface area contributed by atoms with Crippen LogP contribution in [-0.4, -0.2) is 34.6 Å². The van der Waals surface area contributed by atoms with Crippen molar-refractivity contribution in [1.29, 1.82) is 0 Å². The number of phenolic OH excluding ortho intramolecular Hbond substituents is 1. The molecule has 2 aromatic carbocycles. The van der Waals surface area contributed by atoms with Crippen molar-refractivity contribution in [3.8, 4) is 16.9 Å². The van der Waals surface area contributed by atoms with Gasteiger partial charge >= 0.3 is 0 Å². The normalized spacial score (nSPS) is 11.7. The summed E-state index contributed by atoms with van der Waals surface area (Å²) in [4.78, 5) is 17.7. The average Bonchev–Trinajstić information content (AvgIpc) is 3.21. The fraction of sp³-hybridized carbons (Fsp3) is 0.261. The summed E-state index contributed by atoms with van der Waals surface area (Å²) in [7, 11) is 0. The van der Waals surface area contributed by atoms with Crippen molar-refractivity contribution < 1.29 is 5.11 Å². The van der Waals surface area contributed by atoms with E-state index in [-0.39, 0.29) is 11.3 Å². The van der Waals surface area contributed by atoms with Gasteiger partial charge in [-0.3, -0.25) is 4.79 Å². The van der Waals surface area contributed by atoms with Gasteiger partial charge in [0.2, 0.25) is 0 Å². The lowest BCUT2D eigenvalue weighted by Crippen LogP contribution is -2.25. The highest BCUT2D eigenvalue weighted by Crippen LogP contribution is 2.39. The van der Waals surface area contributed by atoms with Gasteiger partial charge in [-0.2, -0.15) is 0 Å². The van der Waals surface area contributed by atoms with Gasteiger partial charge < -0.3 is 15.0 Å². The molecule has 4 nitrogen and oxygen atoms in total. The van der Waals surface area contributed by atoms with E-state index in [1.165, 1.54) is 16.9 Å². The quantitative estimate of drug-likeness (QED) is 0.485. The number of H-pyrrole nitrogens is 1. The molecule has 0 aliphatic carbocycles. The molecule has 0 bridgehead atoms. The lowest BCUT2D eigenvalue weighted by molar-refractivity contribution is 0.308. The molecule has 2 N–H and O–H groups in total. The molecular formula is C23H24N2O2S. The van der Waals surface area contributed by atoms with Crippen LogP contribution in [0, 0.1) is 0 Å². The molecule has 0 saturated carbocycles. The molecule has 0 aliphatic heterocycles. The Kier molecular flexibility index (Phi) is 5.20. The Morgan fingerprint density at radius 3 is 2.50 bits per heavy atom. The van der Waals surface area contributed by atoms with E-state index in [1.807, 2.05) is 11.4 Å². The Bertz CT molecular complexity index is 1170. The first kappa shape index (κ1) is 18.7. The number of hydrogen-bond donors (Lipinski definition) is 2. The first-order chi connectivity index (χ1) is 13.6. The third kappa shape index (κ3) is 3.32. The predicted molar refractivity (Wildman–Crippen MR) is 119 cm³/mol.